The first-order valence-corrected chi connectivity index (χ1v) is 13.7. The Morgan fingerprint density at radius 1 is 1.20 bits per heavy atom. The van der Waals surface area contributed by atoms with E-state index in [0.29, 0.717) is 53.5 Å². The Morgan fingerprint density at radius 3 is 2.49 bits per heavy atom. The molecule has 3 atom stereocenters. The fourth-order valence-corrected chi connectivity index (χ4v) is 5.73. The maximum Gasteiger partial charge on any atom is 0.310 e. The van der Waals surface area contributed by atoms with Crippen molar-refractivity contribution >= 4 is 23.6 Å². The number of halogens is 1. The molecule has 11 heteroatoms. The number of aromatic nitrogens is 2. The Hall–Kier alpha value is -3.24. The van der Waals surface area contributed by atoms with Crippen molar-refractivity contribution in [3.63, 3.8) is 0 Å². The molecule has 4 rings (SSSR count). The highest BCUT2D eigenvalue weighted by atomic mass is 35.5. The first-order valence-electron chi connectivity index (χ1n) is 13.7. The highest BCUT2D eigenvalue weighted by Gasteiger charge is 2.42. The number of rotatable bonds is 10. The Kier molecular flexibility index (Phi) is 9.40. The molecule has 1 aromatic carbocycles. The van der Waals surface area contributed by atoms with E-state index in [4.69, 9.17) is 15.2 Å². The van der Waals surface area contributed by atoms with Crippen LogP contribution in [-0.2, 0) is 31.9 Å². The van der Waals surface area contributed by atoms with Crippen LogP contribution in [0, 0.1) is 18.3 Å². The molecule has 0 aliphatic heterocycles. The molecule has 1 saturated carbocycles. The number of likely N-dealkylation sites (N-methyl/N-ethyl adjacent to an activating group) is 1. The third-order valence-electron chi connectivity index (χ3n) is 7.42. The standard InChI is InChI=1S/C30H40N4O6.ClH/c1-17-28-24(14-30(3,4)15-25(28)36)33(32-17)21-8-9-23(29(31)38)19(11-21)10-20-12-26(20)40-27(37)13-22(39-18(2)35)16-34(5,6)7;/h8-9,11,20,22,26H,10,12-16H2,1-7H3,(H-,31,38);1H. The minimum absolute atomic E-state index is 0. The molecule has 41 heavy (non-hydrogen) atoms. The van der Waals surface area contributed by atoms with Gasteiger partial charge in [0.2, 0.25) is 5.91 Å². The molecular weight excluding hydrogens is 548 g/mol. The zero-order valence-electron chi connectivity index (χ0n) is 25.0. The molecule has 0 radical (unpaired) electrons. The van der Waals surface area contributed by atoms with Crippen LogP contribution in [0.2, 0.25) is 0 Å². The summed E-state index contributed by atoms with van der Waals surface area (Å²) in [6.45, 7) is 7.81. The van der Waals surface area contributed by atoms with E-state index in [0.717, 1.165) is 16.9 Å². The zero-order chi connectivity index (χ0) is 29.6. The number of esters is 2. The number of nitrogens with zero attached hydrogens (tertiary/aromatic N) is 3. The summed E-state index contributed by atoms with van der Waals surface area (Å²) in [5.74, 6) is -1.24. The molecule has 2 aliphatic carbocycles. The van der Waals surface area contributed by atoms with Gasteiger partial charge in [-0.05, 0) is 55.4 Å². The van der Waals surface area contributed by atoms with Crippen molar-refractivity contribution in [3.8, 4) is 5.69 Å². The second-order valence-corrected chi connectivity index (χ2v) is 13.1. The van der Waals surface area contributed by atoms with Crippen molar-refractivity contribution in [3.05, 3.63) is 46.3 Å². The molecule has 2 aliphatic rings. The number of quaternary nitrogens is 1. The lowest BCUT2D eigenvalue weighted by atomic mass is 9.75. The molecule has 0 bridgehead atoms. The van der Waals surface area contributed by atoms with Crippen molar-refractivity contribution in [2.75, 3.05) is 27.7 Å². The van der Waals surface area contributed by atoms with Crippen LogP contribution in [0.3, 0.4) is 0 Å². The van der Waals surface area contributed by atoms with E-state index in [1.54, 1.807) is 12.1 Å². The SMILES string of the molecule is CC(=O)OC(CC(=O)OC1CC1Cc1cc(-n2nc(C)c3c2CC(C)(C)CC3=O)ccc1C(N)=O)C[N+](C)(C)C.[Cl-]. The molecular formula is C30H41ClN4O6. The maximum absolute atomic E-state index is 12.9. The van der Waals surface area contributed by atoms with Crippen molar-refractivity contribution in [1.29, 1.82) is 0 Å². The van der Waals surface area contributed by atoms with Crippen molar-refractivity contribution in [2.24, 2.45) is 17.1 Å². The average Bonchev–Trinajstić information content (AvgIpc) is 3.40. The number of hydrogen-bond acceptors (Lipinski definition) is 7. The van der Waals surface area contributed by atoms with Gasteiger partial charge in [0.1, 0.15) is 12.6 Å². The summed E-state index contributed by atoms with van der Waals surface area (Å²) >= 11 is 0. The predicted molar refractivity (Wildman–Crippen MR) is 148 cm³/mol. The normalized spacial score (nSPS) is 19.9. The van der Waals surface area contributed by atoms with Gasteiger partial charge in [0.25, 0.3) is 0 Å². The Morgan fingerprint density at radius 2 is 1.88 bits per heavy atom. The third-order valence-corrected chi connectivity index (χ3v) is 7.42. The number of amides is 1. The predicted octanol–water partition coefficient (Wildman–Crippen LogP) is -0.0591. The number of benzene rings is 1. The van der Waals surface area contributed by atoms with Gasteiger partial charge in [-0.15, -0.1) is 0 Å². The number of ketones is 1. The molecule has 2 aromatic rings. The van der Waals surface area contributed by atoms with Crippen LogP contribution in [0.15, 0.2) is 18.2 Å². The van der Waals surface area contributed by atoms with E-state index in [2.05, 4.69) is 18.9 Å². The molecule has 0 saturated heterocycles. The molecule has 0 spiro atoms. The first-order chi connectivity index (χ1) is 18.5. The summed E-state index contributed by atoms with van der Waals surface area (Å²) in [6, 6.07) is 5.40. The van der Waals surface area contributed by atoms with Crippen LogP contribution in [-0.4, -0.2) is 77.8 Å². The number of aryl methyl sites for hydroxylation is 1. The van der Waals surface area contributed by atoms with Gasteiger partial charge >= 0.3 is 11.9 Å². The minimum Gasteiger partial charge on any atom is -1.00 e. The molecule has 1 fully saturated rings. The smallest absolute Gasteiger partial charge is 0.310 e. The summed E-state index contributed by atoms with van der Waals surface area (Å²) < 4.78 is 13.4. The number of Topliss-reactive ketones (excluding diaryl/α,β-unsaturated/α-hetero) is 1. The molecule has 1 amide bonds. The highest BCUT2D eigenvalue weighted by molar-refractivity contribution is 6.00. The van der Waals surface area contributed by atoms with Gasteiger partial charge in [-0.2, -0.15) is 5.10 Å². The molecule has 1 aromatic heterocycles. The van der Waals surface area contributed by atoms with Gasteiger partial charge < -0.3 is 32.1 Å². The van der Waals surface area contributed by atoms with Crippen LogP contribution in [0.1, 0.15) is 77.7 Å². The number of hydrogen-bond donors (Lipinski definition) is 1. The van der Waals surface area contributed by atoms with Crippen LogP contribution in [0.25, 0.3) is 5.69 Å². The van der Waals surface area contributed by atoms with Crippen molar-refractivity contribution < 1.29 is 45.5 Å². The Bertz CT molecular complexity index is 1360. The third kappa shape index (κ3) is 7.95. The lowest BCUT2D eigenvalue weighted by Crippen LogP contribution is -3.00. The van der Waals surface area contributed by atoms with Crippen molar-refractivity contribution in [1.82, 2.24) is 9.78 Å². The average molecular weight is 589 g/mol. The summed E-state index contributed by atoms with van der Waals surface area (Å²) in [5.41, 5.74) is 9.70. The summed E-state index contributed by atoms with van der Waals surface area (Å²) in [6.07, 6.45) is 1.50. The number of carbonyl (C=O) groups is 4. The monoisotopic (exact) mass is 588 g/mol. The fraction of sp³-hybridized carbons (Fsp3) is 0.567. The van der Waals surface area contributed by atoms with Gasteiger partial charge in [-0.25, -0.2) is 4.68 Å². The number of carbonyl (C=O) groups excluding carboxylic acids is 4. The van der Waals surface area contributed by atoms with E-state index >= 15 is 0 Å². The van der Waals surface area contributed by atoms with Gasteiger partial charge in [-0.3, -0.25) is 19.2 Å². The van der Waals surface area contributed by atoms with Crippen LogP contribution < -0.4 is 18.1 Å². The number of ether oxygens (including phenoxy) is 2. The van der Waals surface area contributed by atoms with E-state index in [1.165, 1.54) is 6.92 Å². The van der Waals surface area contributed by atoms with E-state index < -0.39 is 23.9 Å². The lowest BCUT2D eigenvalue weighted by Gasteiger charge is -2.29. The molecule has 2 N–H and O–H groups in total. The summed E-state index contributed by atoms with van der Waals surface area (Å²) in [4.78, 5) is 49.3. The zero-order valence-corrected chi connectivity index (χ0v) is 25.7. The van der Waals surface area contributed by atoms with Crippen LogP contribution >= 0.6 is 0 Å². The largest absolute Gasteiger partial charge is 1.00 e. The number of primary amides is 1. The summed E-state index contributed by atoms with van der Waals surface area (Å²) in [7, 11) is 5.88. The molecule has 1 heterocycles. The molecule has 10 nitrogen and oxygen atoms in total. The van der Waals surface area contributed by atoms with Gasteiger partial charge in [0.05, 0.1) is 50.2 Å². The quantitative estimate of drug-likeness (QED) is 0.304. The highest BCUT2D eigenvalue weighted by Crippen LogP contribution is 2.39. The molecule has 3 unspecified atom stereocenters. The summed E-state index contributed by atoms with van der Waals surface area (Å²) in [5, 5.41) is 4.69. The first kappa shape index (κ1) is 32.3. The van der Waals surface area contributed by atoms with E-state index in [-0.39, 0.29) is 42.0 Å². The van der Waals surface area contributed by atoms with E-state index in [9.17, 15) is 19.2 Å². The number of fused-ring (bicyclic) bond motifs is 1. The Balaban J connectivity index is 0.00000462. The van der Waals surface area contributed by atoms with Gasteiger partial charge in [0.15, 0.2) is 11.9 Å². The Labute approximate surface area is 247 Å². The van der Waals surface area contributed by atoms with Gasteiger partial charge in [-0.1, -0.05) is 13.8 Å². The fourth-order valence-electron chi connectivity index (χ4n) is 5.73. The van der Waals surface area contributed by atoms with E-state index in [1.807, 2.05) is 38.8 Å². The lowest BCUT2D eigenvalue weighted by molar-refractivity contribution is -0.873. The second kappa shape index (κ2) is 11.9. The van der Waals surface area contributed by atoms with Gasteiger partial charge in [0, 0.05) is 24.8 Å². The molecule has 224 valence electrons. The van der Waals surface area contributed by atoms with Crippen LogP contribution in [0.4, 0.5) is 0 Å². The number of nitrogens with two attached hydrogens (primary N) is 1. The second-order valence-electron chi connectivity index (χ2n) is 13.1. The van der Waals surface area contributed by atoms with Crippen molar-refractivity contribution in [2.45, 2.75) is 72.0 Å². The topological polar surface area (TPSA) is 131 Å². The maximum atomic E-state index is 12.9. The minimum atomic E-state index is -0.569. The van der Waals surface area contributed by atoms with Crippen LogP contribution in [0.5, 0.6) is 0 Å².